The molecule has 0 saturated heterocycles. The van der Waals surface area contributed by atoms with Crippen LogP contribution in [0, 0.1) is 5.41 Å². The van der Waals surface area contributed by atoms with Crippen LogP contribution < -0.4 is 11.1 Å². The first kappa shape index (κ1) is 12.5. The first-order valence-corrected chi connectivity index (χ1v) is 6.94. The summed E-state index contributed by atoms with van der Waals surface area (Å²) in [6, 6.07) is 7.91. The van der Waals surface area contributed by atoms with Gasteiger partial charge in [-0.2, -0.15) is 0 Å². The summed E-state index contributed by atoms with van der Waals surface area (Å²) in [6.07, 6.45) is 1.83. The fraction of sp³-hybridized carbons (Fsp3) is 0.462. The Hall–Kier alpha value is -1.00. The number of hydrogen-bond acceptors (Lipinski definition) is 3. The van der Waals surface area contributed by atoms with E-state index in [2.05, 4.69) is 12.2 Å². The number of thioether (sulfide) groups is 1. The van der Waals surface area contributed by atoms with E-state index >= 15 is 0 Å². The van der Waals surface area contributed by atoms with Crippen molar-refractivity contribution in [1.29, 1.82) is 0 Å². The van der Waals surface area contributed by atoms with E-state index in [0.717, 1.165) is 29.2 Å². The molecule has 0 atom stereocenters. The fourth-order valence-electron chi connectivity index (χ4n) is 1.78. The third-order valence-electron chi connectivity index (χ3n) is 3.16. The van der Waals surface area contributed by atoms with Crippen molar-refractivity contribution < 1.29 is 4.79 Å². The van der Waals surface area contributed by atoms with Crippen molar-refractivity contribution in [1.82, 2.24) is 0 Å². The molecule has 1 aromatic rings. The van der Waals surface area contributed by atoms with Crippen molar-refractivity contribution in [3.63, 3.8) is 0 Å². The van der Waals surface area contributed by atoms with E-state index in [1.807, 2.05) is 24.3 Å². The minimum absolute atomic E-state index is 0.0733. The molecule has 0 unspecified atom stereocenters. The lowest BCUT2D eigenvalue weighted by molar-refractivity contribution is -0.120. The zero-order valence-corrected chi connectivity index (χ0v) is 10.8. The van der Waals surface area contributed by atoms with Crippen molar-refractivity contribution >= 4 is 23.4 Å². The third-order valence-corrected chi connectivity index (χ3v) is 4.12. The highest BCUT2D eigenvalue weighted by Gasteiger charge is 2.48. The normalized spacial score (nSPS) is 16.6. The van der Waals surface area contributed by atoms with Crippen LogP contribution >= 0.6 is 11.8 Å². The average molecular weight is 250 g/mol. The van der Waals surface area contributed by atoms with Gasteiger partial charge in [-0.1, -0.05) is 19.1 Å². The van der Waals surface area contributed by atoms with Crippen LogP contribution in [-0.4, -0.2) is 18.2 Å². The lowest BCUT2D eigenvalue weighted by atomic mass is 10.1. The van der Waals surface area contributed by atoms with Gasteiger partial charge in [0, 0.05) is 11.4 Å². The summed E-state index contributed by atoms with van der Waals surface area (Å²) < 4.78 is 0. The van der Waals surface area contributed by atoms with Gasteiger partial charge in [-0.25, -0.2) is 0 Å². The van der Waals surface area contributed by atoms with Crippen molar-refractivity contribution in [3.05, 3.63) is 24.3 Å². The quantitative estimate of drug-likeness (QED) is 0.789. The lowest BCUT2D eigenvalue weighted by Crippen LogP contribution is -2.31. The maximum absolute atomic E-state index is 12.1. The third kappa shape index (κ3) is 2.64. The van der Waals surface area contributed by atoms with E-state index in [1.54, 1.807) is 11.8 Å². The van der Waals surface area contributed by atoms with E-state index in [9.17, 15) is 4.79 Å². The molecule has 4 heteroatoms. The second-order valence-electron chi connectivity index (χ2n) is 4.37. The largest absolute Gasteiger partial charge is 0.329 e. The van der Waals surface area contributed by atoms with Crippen LogP contribution in [-0.2, 0) is 4.79 Å². The lowest BCUT2D eigenvalue weighted by Gasteiger charge is -2.15. The van der Waals surface area contributed by atoms with Crippen molar-refractivity contribution in [3.8, 4) is 0 Å². The second-order valence-corrected chi connectivity index (χ2v) is 5.67. The summed E-state index contributed by atoms with van der Waals surface area (Å²) in [5.74, 6) is 1.07. The highest BCUT2D eigenvalue weighted by molar-refractivity contribution is 7.99. The molecule has 3 nitrogen and oxygen atoms in total. The number of carbonyl (C=O) groups excluding carboxylic acids is 1. The molecule has 0 aromatic heterocycles. The van der Waals surface area contributed by atoms with E-state index in [0.29, 0.717) is 6.54 Å². The number of nitrogens with one attached hydrogen (secondary N) is 1. The van der Waals surface area contributed by atoms with Crippen LogP contribution in [0.5, 0.6) is 0 Å². The highest BCUT2D eigenvalue weighted by Crippen LogP contribution is 2.45. The molecule has 0 radical (unpaired) electrons. The molecule has 0 spiro atoms. The molecule has 17 heavy (non-hydrogen) atoms. The van der Waals surface area contributed by atoms with Gasteiger partial charge in [0.1, 0.15) is 0 Å². The maximum atomic E-state index is 12.1. The molecule has 92 valence electrons. The van der Waals surface area contributed by atoms with Crippen LogP contribution in [0.25, 0.3) is 0 Å². The predicted octanol–water partition coefficient (Wildman–Crippen LogP) is 2.48. The van der Waals surface area contributed by atoms with E-state index in [-0.39, 0.29) is 11.3 Å². The molecule has 3 N–H and O–H groups in total. The number of rotatable bonds is 5. The smallest absolute Gasteiger partial charge is 0.231 e. The van der Waals surface area contributed by atoms with Gasteiger partial charge < -0.3 is 11.1 Å². The monoisotopic (exact) mass is 250 g/mol. The van der Waals surface area contributed by atoms with Crippen molar-refractivity contribution in [2.45, 2.75) is 24.7 Å². The van der Waals surface area contributed by atoms with Crippen LogP contribution in [0.2, 0.25) is 0 Å². The van der Waals surface area contributed by atoms with Gasteiger partial charge in [-0.3, -0.25) is 4.79 Å². The zero-order chi connectivity index (χ0) is 12.3. The number of anilines is 1. The van der Waals surface area contributed by atoms with Crippen LogP contribution in [0.15, 0.2) is 29.2 Å². The molecular formula is C13H18N2OS. The number of carbonyl (C=O) groups is 1. The fourth-order valence-corrected chi connectivity index (χ4v) is 2.54. The molecule has 0 bridgehead atoms. The topological polar surface area (TPSA) is 55.1 Å². The van der Waals surface area contributed by atoms with Crippen LogP contribution in [0.1, 0.15) is 19.8 Å². The Morgan fingerprint density at radius 1 is 1.47 bits per heavy atom. The first-order chi connectivity index (χ1) is 8.22. The van der Waals surface area contributed by atoms with Gasteiger partial charge in [0.05, 0.1) is 11.1 Å². The molecule has 1 aliphatic rings. The van der Waals surface area contributed by atoms with Crippen molar-refractivity contribution in [2.75, 3.05) is 17.6 Å². The Kier molecular flexibility index (Phi) is 3.74. The Labute approximate surface area is 106 Å². The Morgan fingerprint density at radius 3 is 2.76 bits per heavy atom. The van der Waals surface area contributed by atoms with Gasteiger partial charge in [0.2, 0.25) is 5.91 Å². The number of hydrogen-bond donors (Lipinski definition) is 2. The van der Waals surface area contributed by atoms with Gasteiger partial charge in [-0.15, -0.1) is 11.8 Å². The number of para-hydroxylation sites is 1. The molecule has 1 aliphatic carbocycles. The summed E-state index contributed by atoms with van der Waals surface area (Å²) in [5.41, 5.74) is 6.27. The summed E-state index contributed by atoms with van der Waals surface area (Å²) in [5, 5.41) is 3.01. The standard InChI is InChI=1S/C13H18N2OS/c1-2-17-11-6-4-3-5-10(11)15-12(16)13(9-14)7-8-13/h3-6H,2,7-9,14H2,1H3,(H,15,16). The summed E-state index contributed by atoms with van der Waals surface area (Å²) in [7, 11) is 0. The van der Waals surface area contributed by atoms with Gasteiger partial charge in [-0.05, 0) is 30.7 Å². The second kappa shape index (κ2) is 5.10. The maximum Gasteiger partial charge on any atom is 0.231 e. The molecule has 1 aromatic carbocycles. The summed E-state index contributed by atoms with van der Waals surface area (Å²) >= 11 is 1.74. The molecule has 2 rings (SSSR count). The molecule has 0 heterocycles. The van der Waals surface area contributed by atoms with E-state index < -0.39 is 0 Å². The summed E-state index contributed by atoms with van der Waals surface area (Å²) in [6.45, 7) is 2.55. The minimum atomic E-state index is -0.288. The Morgan fingerprint density at radius 2 is 2.18 bits per heavy atom. The van der Waals surface area contributed by atoms with Gasteiger partial charge in [0.25, 0.3) is 0 Å². The van der Waals surface area contributed by atoms with Crippen LogP contribution in [0.4, 0.5) is 5.69 Å². The molecule has 1 amide bonds. The number of nitrogens with two attached hydrogens (primary N) is 1. The highest BCUT2D eigenvalue weighted by atomic mass is 32.2. The first-order valence-electron chi connectivity index (χ1n) is 5.95. The van der Waals surface area contributed by atoms with E-state index in [4.69, 9.17) is 5.73 Å². The van der Waals surface area contributed by atoms with Crippen LogP contribution in [0.3, 0.4) is 0 Å². The Bertz CT molecular complexity index is 416. The molecule has 1 saturated carbocycles. The van der Waals surface area contributed by atoms with Gasteiger partial charge >= 0.3 is 0 Å². The van der Waals surface area contributed by atoms with Crippen molar-refractivity contribution in [2.24, 2.45) is 11.1 Å². The Balaban J connectivity index is 2.10. The van der Waals surface area contributed by atoms with Gasteiger partial charge in [0.15, 0.2) is 0 Å². The predicted molar refractivity (Wildman–Crippen MR) is 72.2 cm³/mol. The zero-order valence-electron chi connectivity index (χ0n) is 10.0. The number of amides is 1. The molecular weight excluding hydrogens is 232 g/mol. The van der Waals surface area contributed by atoms with E-state index in [1.165, 1.54) is 0 Å². The average Bonchev–Trinajstić information content (AvgIpc) is 3.13. The SMILES string of the molecule is CCSc1ccccc1NC(=O)C1(CN)CC1. The number of benzene rings is 1. The molecule has 0 aliphatic heterocycles. The minimum Gasteiger partial charge on any atom is -0.329 e. The molecule has 1 fully saturated rings. The summed E-state index contributed by atoms with van der Waals surface area (Å²) in [4.78, 5) is 13.2.